The molecule has 5 N–H and O–H groups in total. The van der Waals surface area contributed by atoms with Crippen molar-refractivity contribution in [2.75, 3.05) is 65.7 Å². The number of anilines is 1. The van der Waals surface area contributed by atoms with Crippen LogP contribution in [-0.4, -0.2) is 144 Å². The molecule has 3 aliphatic rings. The number of carbonyl (C=O) groups is 4. The number of rotatable bonds is 23. The lowest BCUT2D eigenvalue weighted by atomic mass is 9.87. The Morgan fingerprint density at radius 1 is 0.637 bits per heavy atom. The summed E-state index contributed by atoms with van der Waals surface area (Å²) in [6, 6.07) is 23.0. The number of imidazole rings is 2. The number of methoxy groups -OCH3 is 3. The van der Waals surface area contributed by atoms with E-state index in [0.29, 0.717) is 70.4 Å². The topological polar surface area (TPSA) is 226 Å². The Morgan fingerprint density at radius 3 is 1.46 bits per heavy atom. The van der Waals surface area contributed by atoms with Crippen LogP contribution in [0.2, 0.25) is 0 Å². The molecule has 80 heavy (non-hydrogen) atoms. The van der Waals surface area contributed by atoms with Gasteiger partial charge < -0.3 is 64.1 Å². The van der Waals surface area contributed by atoms with E-state index in [9.17, 15) is 24.3 Å². The van der Waals surface area contributed by atoms with Gasteiger partial charge in [0.25, 0.3) is 0 Å². The third kappa shape index (κ3) is 13.5. The number of alkyl carbamates (subject to hydrolysis) is 1. The number of aromatic nitrogens is 4. The fourth-order valence-electron chi connectivity index (χ4n) is 11.6. The van der Waals surface area contributed by atoms with E-state index in [1.807, 2.05) is 38.8 Å². The number of carbonyl (C=O) groups excluding carboxylic acids is 3. The normalized spacial score (nSPS) is 21.1. The minimum atomic E-state index is -1.23. The minimum absolute atomic E-state index is 0.0729. The van der Waals surface area contributed by atoms with Crippen molar-refractivity contribution < 1.29 is 48.0 Å². The Hall–Kier alpha value is -6.80. The van der Waals surface area contributed by atoms with Crippen molar-refractivity contribution in [1.29, 1.82) is 0 Å². The first kappa shape index (κ1) is 59.3. The molecular formula is C61H83N9O10. The maximum absolute atomic E-state index is 13.9. The second-order valence-electron chi connectivity index (χ2n) is 23.0. The molecule has 8 rings (SSSR count). The molecule has 3 saturated heterocycles. The molecule has 0 unspecified atom stereocenters. The summed E-state index contributed by atoms with van der Waals surface area (Å²) < 4.78 is 30.0. The van der Waals surface area contributed by atoms with Gasteiger partial charge in [0, 0.05) is 59.4 Å². The van der Waals surface area contributed by atoms with Gasteiger partial charge in [-0.05, 0) is 95.7 Å². The number of amides is 4. The van der Waals surface area contributed by atoms with Gasteiger partial charge in [0.2, 0.25) is 11.8 Å². The third-order valence-corrected chi connectivity index (χ3v) is 15.8. The zero-order chi connectivity index (χ0) is 57.3. The predicted octanol–water partition coefficient (Wildman–Crippen LogP) is 9.91. The molecule has 8 atom stereocenters. The van der Waals surface area contributed by atoms with Crippen LogP contribution in [0.5, 0.6) is 0 Å². The summed E-state index contributed by atoms with van der Waals surface area (Å²) in [5.74, 6) is 0.558. The molecule has 0 spiro atoms. The number of carboxylic acid groups (broad SMARTS) is 1. The molecule has 0 aliphatic carbocycles. The van der Waals surface area contributed by atoms with Gasteiger partial charge >= 0.3 is 12.2 Å². The quantitative estimate of drug-likeness (QED) is 0.0385. The molecule has 432 valence electrons. The van der Waals surface area contributed by atoms with Crippen molar-refractivity contribution in [3.05, 3.63) is 114 Å². The largest absolute Gasteiger partial charge is 0.465 e. The van der Waals surface area contributed by atoms with Crippen molar-refractivity contribution in [2.24, 2.45) is 11.8 Å². The van der Waals surface area contributed by atoms with Gasteiger partial charge in [0.05, 0.1) is 55.1 Å². The molecule has 5 aromatic rings. The van der Waals surface area contributed by atoms with Crippen molar-refractivity contribution in [3.63, 3.8) is 0 Å². The first-order valence-corrected chi connectivity index (χ1v) is 28.3. The molecule has 5 heterocycles. The number of hydrogen-bond acceptors (Lipinski definition) is 12. The van der Waals surface area contributed by atoms with Gasteiger partial charge in [-0.1, -0.05) is 109 Å². The molecule has 3 aromatic carbocycles. The van der Waals surface area contributed by atoms with Gasteiger partial charge in [0.15, 0.2) is 0 Å². The van der Waals surface area contributed by atoms with E-state index in [1.165, 1.54) is 12.7 Å². The lowest BCUT2D eigenvalue weighted by Crippen LogP contribution is -2.51. The summed E-state index contributed by atoms with van der Waals surface area (Å²) in [7, 11) is 4.69. The number of nitrogens with one attached hydrogen (secondary N) is 4. The van der Waals surface area contributed by atoms with Crippen molar-refractivity contribution >= 4 is 29.7 Å². The molecular weight excluding hydrogens is 1020 g/mol. The lowest BCUT2D eigenvalue weighted by Gasteiger charge is -2.35. The van der Waals surface area contributed by atoms with Gasteiger partial charge in [-0.2, -0.15) is 0 Å². The first-order chi connectivity index (χ1) is 38.4. The van der Waals surface area contributed by atoms with Gasteiger partial charge in [-0.3, -0.25) is 9.59 Å². The Kier molecular flexibility index (Phi) is 19.8. The SMILES string of the molecule is COCCCO[C@H]1[C@H](OCCCOC)[C@H](c2ccc(-c3cnc([C@@H]4CCCN4C(=O)[C@@H](NC(=O)OC)C(C)C)[nH]3)cc2)N(c2ccc(C(C)(C)C)cc2)[C@H]1c1ccc(-c2cnc([C@@H]3CCCN3C(=O)[C@@H](NC(=O)O)C(C)C)[nH]2)cc1. The Balaban J connectivity index is 1.14. The maximum atomic E-state index is 13.9. The van der Waals surface area contributed by atoms with Crippen LogP contribution in [0, 0.1) is 11.8 Å². The fourth-order valence-corrected chi connectivity index (χ4v) is 11.6. The summed E-state index contributed by atoms with van der Waals surface area (Å²) in [6.07, 6.45) is 5.29. The Morgan fingerprint density at radius 2 is 1.07 bits per heavy atom. The number of H-pyrrole nitrogens is 2. The van der Waals surface area contributed by atoms with Crippen LogP contribution in [0.3, 0.4) is 0 Å². The molecule has 4 amide bonds. The van der Waals surface area contributed by atoms with E-state index >= 15 is 0 Å². The van der Waals surface area contributed by atoms with Crippen molar-refractivity contribution in [1.82, 2.24) is 40.4 Å². The molecule has 3 aliphatic heterocycles. The van der Waals surface area contributed by atoms with Crippen LogP contribution in [0.25, 0.3) is 22.5 Å². The molecule has 2 aromatic heterocycles. The zero-order valence-electron chi connectivity index (χ0n) is 48.2. The smallest absolute Gasteiger partial charge is 0.407 e. The van der Waals surface area contributed by atoms with Gasteiger partial charge in [-0.25, -0.2) is 19.6 Å². The maximum Gasteiger partial charge on any atom is 0.407 e. The van der Waals surface area contributed by atoms with Crippen molar-refractivity contribution in [2.45, 2.75) is 141 Å². The second-order valence-corrected chi connectivity index (χ2v) is 23.0. The summed E-state index contributed by atoms with van der Waals surface area (Å²) in [5, 5.41) is 14.7. The number of likely N-dealkylation sites (tertiary alicyclic amines) is 2. The van der Waals surface area contributed by atoms with Crippen LogP contribution in [0.1, 0.15) is 139 Å². The lowest BCUT2D eigenvalue weighted by molar-refractivity contribution is -0.136. The monoisotopic (exact) mass is 1100 g/mol. The standard InChI is InChI=1S/C61H83N9O10/c1-37(2)49(66-59(73)74)57(71)68-29-11-15-47(68)55-62-35-45(64-55)39-17-21-41(22-18-39)51-53(79-33-13-31-76-8)54(80-34-14-32-77-9)52(70(51)44-27-25-43(26-28-44)61(5,6)7)42-23-19-40(20-24-42)46-36-63-56(65-46)48-16-12-30-69(48)58(72)50(38(3)4)67-60(75)78-10/h17-28,35-38,47-54,66H,11-16,29-34H2,1-10H3,(H,62,64)(H,63,65)(H,67,75)(H,73,74)/t47-,48-,49-,50-,51-,52-,53+,54+/m0/s1. The molecule has 3 fully saturated rings. The fraction of sp³-hybridized carbons (Fsp3) is 0.541. The van der Waals surface area contributed by atoms with Gasteiger partial charge in [-0.15, -0.1) is 0 Å². The van der Waals surface area contributed by atoms with E-state index < -0.39 is 36.5 Å². The molecule has 19 heteroatoms. The molecule has 0 radical (unpaired) electrons. The van der Waals surface area contributed by atoms with Crippen LogP contribution >= 0.6 is 0 Å². The molecule has 0 saturated carbocycles. The minimum Gasteiger partial charge on any atom is -0.465 e. The second kappa shape index (κ2) is 26.6. The van der Waals surface area contributed by atoms with Crippen LogP contribution in [0.15, 0.2) is 85.2 Å². The summed E-state index contributed by atoms with van der Waals surface area (Å²) >= 11 is 0. The van der Waals surface area contributed by atoms with E-state index in [2.05, 4.69) is 119 Å². The zero-order valence-corrected chi connectivity index (χ0v) is 48.2. The first-order valence-electron chi connectivity index (χ1n) is 28.3. The van der Waals surface area contributed by atoms with Crippen LogP contribution in [0.4, 0.5) is 15.3 Å². The predicted molar refractivity (Wildman–Crippen MR) is 305 cm³/mol. The van der Waals surface area contributed by atoms with Gasteiger partial charge in [0.1, 0.15) is 35.9 Å². The van der Waals surface area contributed by atoms with E-state index in [-0.39, 0.29) is 53.2 Å². The van der Waals surface area contributed by atoms with E-state index in [1.54, 1.807) is 25.3 Å². The number of aromatic amines is 2. The Labute approximate surface area is 470 Å². The highest BCUT2D eigenvalue weighted by Crippen LogP contribution is 2.51. The number of ether oxygens (including phenoxy) is 5. The molecule has 0 bridgehead atoms. The number of benzene rings is 3. The summed E-state index contributed by atoms with van der Waals surface area (Å²) in [6.45, 7) is 17.2. The summed E-state index contributed by atoms with van der Waals surface area (Å²) in [5.41, 5.74) is 7.66. The highest BCUT2D eigenvalue weighted by atomic mass is 16.5. The average molecular weight is 1100 g/mol. The number of nitrogens with zero attached hydrogens (tertiary/aromatic N) is 5. The van der Waals surface area contributed by atoms with Crippen molar-refractivity contribution in [3.8, 4) is 22.5 Å². The Bertz CT molecular complexity index is 2830. The highest BCUT2D eigenvalue weighted by Gasteiger charge is 2.52. The van der Waals surface area contributed by atoms with E-state index in [4.69, 9.17) is 33.7 Å². The van der Waals surface area contributed by atoms with E-state index in [0.717, 1.165) is 58.6 Å². The highest BCUT2D eigenvalue weighted by molar-refractivity contribution is 5.87. The van der Waals surface area contributed by atoms with Crippen LogP contribution < -0.4 is 15.5 Å². The van der Waals surface area contributed by atoms with Crippen LogP contribution in [-0.2, 0) is 38.7 Å². The number of hydrogen-bond donors (Lipinski definition) is 5. The molecule has 19 nitrogen and oxygen atoms in total. The summed E-state index contributed by atoms with van der Waals surface area (Å²) in [4.78, 5) is 74.3. The average Bonchev–Trinajstić information content (AvgIpc) is 4.41. The third-order valence-electron chi connectivity index (χ3n) is 15.8.